The van der Waals surface area contributed by atoms with E-state index in [1.165, 1.54) is 0 Å². The van der Waals surface area contributed by atoms with Gasteiger partial charge in [-0.3, -0.25) is 14.2 Å². The van der Waals surface area contributed by atoms with E-state index in [0.717, 1.165) is 35.6 Å². The van der Waals surface area contributed by atoms with Gasteiger partial charge in [-0.05, 0) is 50.8 Å². The zero-order valence-corrected chi connectivity index (χ0v) is 20.6. The van der Waals surface area contributed by atoms with E-state index in [9.17, 15) is 36.3 Å². The number of amides is 1. The molecule has 1 atom stereocenters. The molecule has 1 heterocycles. The van der Waals surface area contributed by atoms with Crippen LogP contribution in [0.5, 0.6) is 5.75 Å². The van der Waals surface area contributed by atoms with Gasteiger partial charge in [-0.2, -0.15) is 17.9 Å². The van der Waals surface area contributed by atoms with Crippen LogP contribution in [0.1, 0.15) is 54.1 Å². The first kappa shape index (κ1) is 27.9. The summed E-state index contributed by atoms with van der Waals surface area (Å²) in [6.07, 6.45) is -5.61. The largest absolute Gasteiger partial charge is 0.480 e. The molecule has 0 unspecified atom stereocenters. The number of halogens is 6. The Hall–Kier alpha value is -4.10. The first-order chi connectivity index (χ1) is 18.3. The number of ether oxygens (including phenoxy) is 1. The number of nitrogens with one attached hydrogen (secondary N) is 1. The van der Waals surface area contributed by atoms with E-state index in [2.05, 4.69) is 5.10 Å². The van der Waals surface area contributed by atoms with E-state index in [1.54, 1.807) is 6.92 Å². The molecular weight excluding hydrogens is 534 g/mol. The Labute approximate surface area is 217 Å². The number of carbonyl (C=O) groups excluding carboxylic acids is 2. The van der Waals surface area contributed by atoms with Crippen molar-refractivity contribution in [1.29, 1.82) is 0 Å². The van der Waals surface area contributed by atoms with Crippen molar-refractivity contribution in [2.75, 3.05) is 5.32 Å². The second kappa shape index (κ2) is 10.6. The number of anilines is 1. The molecule has 1 aliphatic carbocycles. The van der Waals surface area contributed by atoms with Crippen LogP contribution in [0.3, 0.4) is 0 Å². The lowest BCUT2D eigenvalue weighted by Gasteiger charge is -2.20. The molecule has 0 spiro atoms. The number of aromatic nitrogens is 3. The standard InChI is InChI=1S/C25H22F6N4O4/c1-3-34-22(19(36)9-13-7-8-13)33-35(24(34)38)18-11-20(39-12(2)25(29,30)31)14(10-17(18)28)23(37)32-21-15(26)5-4-6-16(21)27/h4-6,10-13H,3,7-9H2,1-2H3,(H,32,37)/t12-/m0/s1. The highest BCUT2D eigenvalue weighted by atomic mass is 19.4. The number of hydrogen-bond acceptors (Lipinski definition) is 5. The number of rotatable bonds is 9. The molecule has 3 aromatic rings. The Morgan fingerprint density at radius 3 is 2.33 bits per heavy atom. The van der Waals surface area contributed by atoms with Crippen molar-refractivity contribution in [2.45, 2.75) is 51.9 Å². The fourth-order valence-corrected chi connectivity index (χ4v) is 3.76. The van der Waals surface area contributed by atoms with Crippen LogP contribution in [0.2, 0.25) is 0 Å². The smallest absolute Gasteiger partial charge is 0.425 e. The van der Waals surface area contributed by atoms with Crippen molar-refractivity contribution in [2.24, 2.45) is 5.92 Å². The summed E-state index contributed by atoms with van der Waals surface area (Å²) >= 11 is 0. The number of hydrogen-bond donors (Lipinski definition) is 1. The highest BCUT2D eigenvalue weighted by molar-refractivity contribution is 6.06. The average Bonchev–Trinajstić information content (AvgIpc) is 3.61. The molecule has 0 aliphatic heterocycles. The maximum atomic E-state index is 15.3. The summed E-state index contributed by atoms with van der Waals surface area (Å²) in [6.45, 7) is 2.16. The van der Waals surface area contributed by atoms with Crippen LogP contribution in [-0.4, -0.2) is 38.3 Å². The van der Waals surface area contributed by atoms with Gasteiger partial charge in [-0.15, -0.1) is 5.10 Å². The molecule has 1 aromatic heterocycles. The monoisotopic (exact) mass is 556 g/mol. The van der Waals surface area contributed by atoms with Crippen molar-refractivity contribution in [3.63, 3.8) is 0 Å². The molecule has 1 amide bonds. The summed E-state index contributed by atoms with van der Waals surface area (Å²) in [5.41, 5.74) is -3.41. The number of Topliss-reactive ketones (excluding diaryl/α,β-unsaturated/α-hetero) is 1. The van der Waals surface area contributed by atoms with E-state index in [1.807, 2.05) is 5.32 Å². The van der Waals surface area contributed by atoms with E-state index in [0.29, 0.717) is 23.7 Å². The van der Waals surface area contributed by atoms with Gasteiger partial charge < -0.3 is 10.1 Å². The van der Waals surface area contributed by atoms with E-state index in [-0.39, 0.29) is 24.7 Å². The van der Waals surface area contributed by atoms with Crippen LogP contribution in [0.25, 0.3) is 5.69 Å². The molecular formula is C25H22F6N4O4. The third-order valence-corrected chi connectivity index (χ3v) is 6.09. The molecule has 1 saturated carbocycles. The minimum atomic E-state index is -4.91. The Morgan fingerprint density at radius 2 is 1.77 bits per heavy atom. The molecule has 0 bridgehead atoms. The SMILES string of the molecule is CCn1c(C(=O)CC2CC2)nn(-c2cc(O[C@@H](C)C(F)(F)F)c(C(=O)Nc3c(F)cccc3F)cc2F)c1=O. The number of carbonyl (C=O) groups is 2. The van der Waals surface area contributed by atoms with Gasteiger partial charge in [-0.25, -0.2) is 18.0 Å². The van der Waals surface area contributed by atoms with Gasteiger partial charge in [0.1, 0.15) is 34.6 Å². The third kappa shape index (κ3) is 5.83. The lowest BCUT2D eigenvalue weighted by atomic mass is 10.1. The summed E-state index contributed by atoms with van der Waals surface area (Å²) < 4.78 is 89.6. The lowest BCUT2D eigenvalue weighted by molar-refractivity contribution is -0.189. The zero-order valence-electron chi connectivity index (χ0n) is 20.6. The minimum absolute atomic E-state index is 0.00461. The number of ketones is 1. The van der Waals surface area contributed by atoms with Gasteiger partial charge in [-0.1, -0.05) is 6.07 Å². The van der Waals surface area contributed by atoms with Gasteiger partial charge >= 0.3 is 11.9 Å². The summed E-state index contributed by atoms with van der Waals surface area (Å²) in [5.74, 6) is -6.48. The molecule has 1 fully saturated rings. The van der Waals surface area contributed by atoms with Gasteiger partial charge in [0.25, 0.3) is 5.91 Å². The maximum Gasteiger partial charge on any atom is 0.425 e. The van der Waals surface area contributed by atoms with E-state index >= 15 is 4.39 Å². The van der Waals surface area contributed by atoms with Crippen molar-refractivity contribution in [1.82, 2.24) is 14.3 Å². The summed E-state index contributed by atoms with van der Waals surface area (Å²) in [7, 11) is 0. The first-order valence-corrected chi connectivity index (χ1v) is 11.9. The normalized spacial score (nSPS) is 14.3. The van der Waals surface area contributed by atoms with Crippen molar-refractivity contribution in [3.8, 4) is 11.4 Å². The second-order valence-electron chi connectivity index (χ2n) is 8.99. The Balaban J connectivity index is 1.81. The van der Waals surface area contributed by atoms with Gasteiger partial charge in [0.2, 0.25) is 11.6 Å². The highest BCUT2D eigenvalue weighted by Crippen LogP contribution is 2.34. The molecule has 1 N–H and O–H groups in total. The predicted octanol–water partition coefficient (Wildman–Crippen LogP) is 5.04. The van der Waals surface area contributed by atoms with Gasteiger partial charge in [0.15, 0.2) is 6.10 Å². The van der Waals surface area contributed by atoms with E-state index in [4.69, 9.17) is 4.74 Å². The first-order valence-electron chi connectivity index (χ1n) is 11.9. The highest BCUT2D eigenvalue weighted by Gasteiger charge is 2.39. The van der Waals surface area contributed by atoms with Crippen molar-refractivity contribution >= 4 is 17.4 Å². The number of nitrogens with zero attached hydrogens (tertiary/aromatic N) is 3. The summed E-state index contributed by atoms with van der Waals surface area (Å²) in [6, 6.07) is 3.75. The van der Waals surface area contributed by atoms with Crippen LogP contribution in [0.4, 0.5) is 32.0 Å². The molecule has 208 valence electrons. The topological polar surface area (TPSA) is 95.2 Å². The second-order valence-corrected chi connectivity index (χ2v) is 8.99. The quantitative estimate of drug-likeness (QED) is 0.295. The minimum Gasteiger partial charge on any atom is -0.480 e. The Kier molecular flexibility index (Phi) is 7.57. The van der Waals surface area contributed by atoms with Crippen LogP contribution in [-0.2, 0) is 6.54 Å². The maximum absolute atomic E-state index is 15.3. The van der Waals surface area contributed by atoms with Crippen molar-refractivity contribution in [3.05, 3.63) is 69.7 Å². The molecule has 39 heavy (non-hydrogen) atoms. The Morgan fingerprint density at radius 1 is 1.13 bits per heavy atom. The predicted molar refractivity (Wildman–Crippen MR) is 126 cm³/mol. The fraction of sp³-hybridized carbons (Fsp3) is 0.360. The summed E-state index contributed by atoms with van der Waals surface area (Å²) in [5, 5.41) is 5.78. The lowest BCUT2D eigenvalue weighted by Crippen LogP contribution is -2.32. The van der Waals surface area contributed by atoms with Crippen LogP contribution in [0.15, 0.2) is 35.1 Å². The fourth-order valence-electron chi connectivity index (χ4n) is 3.76. The molecule has 0 radical (unpaired) electrons. The van der Waals surface area contributed by atoms with Crippen molar-refractivity contribution < 1.29 is 40.7 Å². The molecule has 8 nitrogen and oxygen atoms in total. The molecule has 1 aliphatic rings. The molecule has 0 saturated heterocycles. The van der Waals surface area contributed by atoms with Gasteiger partial charge in [0, 0.05) is 19.0 Å². The molecule has 2 aromatic carbocycles. The Bertz CT molecular complexity index is 1470. The third-order valence-electron chi connectivity index (χ3n) is 6.09. The average molecular weight is 556 g/mol. The number of para-hydroxylation sites is 1. The van der Waals surface area contributed by atoms with E-state index < -0.39 is 69.8 Å². The number of alkyl halides is 3. The molecule has 14 heteroatoms. The summed E-state index contributed by atoms with van der Waals surface area (Å²) in [4.78, 5) is 38.5. The molecule has 4 rings (SSSR count). The van der Waals surface area contributed by atoms with Crippen LogP contribution < -0.4 is 15.7 Å². The van der Waals surface area contributed by atoms with Gasteiger partial charge in [0.05, 0.1) is 5.56 Å². The zero-order chi connectivity index (χ0) is 28.6. The van der Waals surface area contributed by atoms with Crippen LogP contribution in [0, 0.1) is 23.4 Å². The van der Waals surface area contributed by atoms with Crippen LogP contribution >= 0.6 is 0 Å². The number of benzene rings is 2.